The minimum absolute atomic E-state index is 0.124. The van der Waals surface area contributed by atoms with Crippen molar-refractivity contribution in [2.75, 3.05) is 0 Å². The maximum absolute atomic E-state index is 13.5. The Morgan fingerprint density at radius 1 is 1.05 bits per heavy atom. The average molecular weight is 569 g/mol. The van der Waals surface area contributed by atoms with Crippen LogP contribution >= 0.6 is 11.8 Å². The van der Waals surface area contributed by atoms with Crippen molar-refractivity contribution in [2.24, 2.45) is 4.99 Å². The number of aromatic nitrogens is 1. The third kappa shape index (κ3) is 6.86. The van der Waals surface area contributed by atoms with Gasteiger partial charge in [-0.05, 0) is 61.1 Å². The predicted octanol–water partition coefficient (Wildman–Crippen LogP) is 5.89. The van der Waals surface area contributed by atoms with Crippen molar-refractivity contribution < 1.29 is 19.1 Å². The number of hydrogen-bond donors (Lipinski definition) is 1. The largest absolute Gasteiger partial charge is 0.489 e. The standard InChI is InChI=1S/C32H32N4O4S/c1-21(2)40-31(38)29-22(3)35-32-36(26(20-41-32)16-28(37)34-18-24-11-8-14-33-17-24)30(29)25-12-7-13-27(15-25)39-19-23-9-5-4-6-10-23/h4-15,17,20-21,30H,16,18-19H2,1-3H3,(H,34,37). The molecule has 41 heavy (non-hydrogen) atoms. The number of ether oxygens (including phenoxy) is 2. The van der Waals surface area contributed by atoms with Gasteiger partial charge in [0.25, 0.3) is 0 Å². The number of carbonyl (C=O) groups is 2. The summed E-state index contributed by atoms with van der Waals surface area (Å²) in [6.07, 6.45) is 3.25. The van der Waals surface area contributed by atoms with E-state index in [0.717, 1.165) is 22.4 Å². The molecule has 2 aliphatic rings. The van der Waals surface area contributed by atoms with E-state index in [1.807, 2.05) is 97.8 Å². The van der Waals surface area contributed by atoms with Crippen molar-refractivity contribution in [3.63, 3.8) is 0 Å². The summed E-state index contributed by atoms with van der Waals surface area (Å²) in [5, 5.41) is 5.60. The van der Waals surface area contributed by atoms with Gasteiger partial charge in [0.15, 0.2) is 5.17 Å². The van der Waals surface area contributed by atoms with Crippen LogP contribution < -0.4 is 10.1 Å². The highest BCUT2D eigenvalue weighted by Crippen LogP contribution is 2.45. The molecule has 0 fully saturated rings. The first-order valence-electron chi connectivity index (χ1n) is 13.5. The number of nitrogens with one attached hydrogen (secondary N) is 1. The highest BCUT2D eigenvalue weighted by molar-refractivity contribution is 8.16. The molecule has 1 amide bonds. The fraction of sp³-hybridized carbons (Fsp3) is 0.250. The van der Waals surface area contributed by atoms with Gasteiger partial charge in [-0.1, -0.05) is 60.3 Å². The molecular weight excluding hydrogens is 536 g/mol. The van der Waals surface area contributed by atoms with Gasteiger partial charge in [0, 0.05) is 24.6 Å². The topological polar surface area (TPSA) is 93.1 Å². The van der Waals surface area contributed by atoms with Crippen LogP contribution in [0.5, 0.6) is 5.75 Å². The Balaban J connectivity index is 1.42. The van der Waals surface area contributed by atoms with E-state index >= 15 is 0 Å². The van der Waals surface area contributed by atoms with E-state index in [4.69, 9.17) is 14.5 Å². The summed E-state index contributed by atoms with van der Waals surface area (Å²) in [6, 6.07) is 20.9. The van der Waals surface area contributed by atoms with Gasteiger partial charge in [-0.2, -0.15) is 0 Å². The zero-order chi connectivity index (χ0) is 28.8. The molecule has 0 aliphatic carbocycles. The number of pyridine rings is 1. The van der Waals surface area contributed by atoms with Gasteiger partial charge < -0.3 is 19.7 Å². The number of amides is 1. The molecule has 210 valence electrons. The lowest BCUT2D eigenvalue weighted by Gasteiger charge is -2.36. The molecule has 0 radical (unpaired) electrons. The number of allylic oxidation sites excluding steroid dienone is 1. The van der Waals surface area contributed by atoms with E-state index in [2.05, 4.69) is 10.3 Å². The summed E-state index contributed by atoms with van der Waals surface area (Å²) < 4.78 is 11.8. The zero-order valence-electron chi connectivity index (χ0n) is 23.2. The van der Waals surface area contributed by atoms with Gasteiger partial charge in [-0.3, -0.25) is 9.78 Å². The minimum atomic E-state index is -0.540. The van der Waals surface area contributed by atoms with Crippen LogP contribution in [-0.2, 0) is 27.5 Å². The number of thioether (sulfide) groups is 1. The quantitative estimate of drug-likeness (QED) is 0.305. The van der Waals surface area contributed by atoms with E-state index in [-0.39, 0.29) is 18.4 Å². The fourth-order valence-electron chi connectivity index (χ4n) is 4.67. The number of amidine groups is 1. The van der Waals surface area contributed by atoms with Gasteiger partial charge >= 0.3 is 5.97 Å². The van der Waals surface area contributed by atoms with Gasteiger partial charge in [0.2, 0.25) is 5.91 Å². The summed E-state index contributed by atoms with van der Waals surface area (Å²) in [5.74, 6) is 0.104. The molecule has 3 heterocycles. The SMILES string of the molecule is CC1=C(C(=O)OC(C)C)C(c2cccc(OCc3ccccc3)c2)N2C(CC(=O)NCc3cccnc3)=CSC2=N1. The zero-order valence-corrected chi connectivity index (χ0v) is 24.1. The first-order valence-corrected chi connectivity index (χ1v) is 14.3. The second-order valence-corrected chi connectivity index (χ2v) is 10.8. The van der Waals surface area contributed by atoms with Crippen LogP contribution in [0.15, 0.2) is 106 Å². The van der Waals surface area contributed by atoms with E-state index < -0.39 is 12.0 Å². The first-order chi connectivity index (χ1) is 19.9. The van der Waals surface area contributed by atoms with E-state index in [9.17, 15) is 9.59 Å². The second kappa shape index (κ2) is 12.9. The Morgan fingerprint density at radius 3 is 2.61 bits per heavy atom. The van der Waals surface area contributed by atoms with Crippen molar-refractivity contribution in [2.45, 2.75) is 52.5 Å². The minimum Gasteiger partial charge on any atom is -0.489 e. The highest BCUT2D eigenvalue weighted by Gasteiger charge is 2.41. The van der Waals surface area contributed by atoms with Crippen LogP contribution in [0.4, 0.5) is 0 Å². The summed E-state index contributed by atoms with van der Waals surface area (Å²) in [6.45, 7) is 6.26. The van der Waals surface area contributed by atoms with E-state index in [1.165, 1.54) is 11.8 Å². The molecule has 8 nitrogen and oxygen atoms in total. The van der Waals surface area contributed by atoms with E-state index in [0.29, 0.717) is 35.3 Å². The predicted molar refractivity (Wildman–Crippen MR) is 160 cm³/mol. The molecule has 1 atom stereocenters. The second-order valence-electron chi connectivity index (χ2n) is 10.0. The van der Waals surface area contributed by atoms with Crippen molar-refractivity contribution >= 4 is 28.8 Å². The lowest BCUT2D eigenvalue weighted by Crippen LogP contribution is -2.38. The van der Waals surface area contributed by atoms with Crippen LogP contribution in [0.2, 0.25) is 0 Å². The van der Waals surface area contributed by atoms with Crippen LogP contribution in [-0.4, -0.2) is 33.0 Å². The first kappa shape index (κ1) is 28.2. The Hall–Kier alpha value is -4.37. The number of fused-ring (bicyclic) bond motifs is 1. The van der Waals surface area contributed by atoms with Gasteiger partial charge in [0.05, 0.1) is 29.8 Å². The normalized spacial score (nSPS) is 16.2. The third-order valence-corrected chi connectivity index (χ3v) is 7.43. The Bertz CT molecular complexity index is 1500. The molecule has 9 heteroatoms. The van der Waals surface area contributed by atoms with Crippen molar-refractivity contribution in [1.29, 1.82) is 0 Å². The van der Waals surface area contributed by atoms with Crippen LogP contribution in [0.25, 0.3) is 0 Å². The van der Waals surface area contributed by atoms with Crippen molar-refractivity contribution in [1.82, 2.24) is 15.2 Å². The van der Waals surface area contributed by atoms with Gasteiger partial charge in [-0.25, -0.2) is 9.79 Å². The Morgan fingerprint density at radius 2 is 1.85 bits per heavy atom. The van der Waals surface area contributed by atoms with Gasteiger partial charge in [0.1, 0.15) is 12.4 Å². The summed E-state index contributed by atoms with van der Waals surface area (Å²) in [4.78, 5) is 37.3. The molecule has 0 spiro atoms. The smallest absolute Gasteiger partial charge is 0.338 e. The number of carbonyl (C=O) groups excluding carboxylic acids is 2. The number of rotatable bonds is 10. The van der Waals surface area contributed by atoms with Crippen molar-refractivity contribution in [3.8, 4) is 5.75 Å². The lowest BCUT2D eigenvalue weighted by molar-refractivity contribution is -0.143. The van der Waals surface area contributed by atoms with Gasteiger partial charge in [-0.15, -0.1) is 0 Å². The van der Waals surface area contributed by atoms with Crippen LogP contribution in [0, 0.1) is 0 Å². The number of esters is 1. The summed E-state index contributed by atoms with van der Waals surface area (Å²) >= 11 is 1.44. The number of benzene rings is 2. The lowest BCUT2D eigenvalue weighted by atomic mass is 9.93. The van der Waals surface area contributed by atoms with Crippen LogP contribution in [0.3, 0.4) is 0 Å². The molecule has 1 unspecified atom stereocenters. The molecule has 5 rings (SSSR count). The van der Waals surface area contributed by atoms with E-state index in [1.54, 1.807) is 12.4 Å². The number of hydrogen-bond acceptors (Lipinski definition) is 8. The number of nitrogens with zero attached hydrogens (tertiary/aromatic N) is 3. The molecule has 0 bridgehead atoms. The highest BCUT2D eigenvalue weighted by atomic mass is 32.2. The monoisotopic (exact) mass is 568 g/mol. The molecule has 3 aromatic rings. The summed E-state index contributed by atoms with van der Waals surface area (Å²) in [5.41, 5.74) is 4.58. The average Bonchev–Trinajstić information content (AvgIpc) is 3.36. The van der Waals surface area contributed by atoms with Crippen LogP contribution in [0.1, 0.15) is 49.9 Å². The molecule has 1 aromatic heterocycles. The maximum Gasteiger partial charge on any atom is 0.338 e. The maximum atomic E-state index is 13.5. The molecule has 2 aliphatic heterocycles. The Kier molecular flexibility index (Phi) is 8.84. The molecule has 1 N–H and O–H groups in total. The van der Waals surface area contributed by atoms with Crippen molar-refractivity contribution in [3.05, 3.63) is 118 Å². The fourth-order valence-corrected chi connectivity index (χ4v) is 5.63. The Labute approximate surface area is 244 Å². The number of aliphatic imine (C=N–C) groups is 1. The third-order valence-electron chi connectivity index (χ3n) is 6.54. The summed E-state index contributed by atoms with van der Waals surface area (Å²) in [7, 11) is 0. The molecule has 0 saturated carbocycles. The molecular formula is C32H32N4O4S. The molecule has 2 aromatic carbocycles. The molecule has 0 saturated heterocycles.